The lowest BCUT2D eigenvalue weighted by Crippen LogP contribution is -1.99. The molecular weight excluding hydrogens is 404 g/mol. The Balaban J connectivity index is 1.32. The summed E-state index contributed by atoms with van der Waals surface area (Å²) in [7, 11) is 0. The third-order valence-corrected chi connectivity index (χ3v) is 4.98. The van der Waals surface area contributed by atoms with Gasteiger partial charge in [-0.25, -0.2) is 13.8 Å². The minimum absolute atomic E-state index is 0.0492. The topological polar surface area (TPSA) is 46.5 Å². The van der Waals surface area contributed by atoms with Crippen LogP contribution in [0.1, 0.15) is 11.1 Å². The highest BCUT2D eigenvalue weighted by molar-refractivity contribution is 7.14. The number of benzene rings is 3. The van der Waals surface area contributed by atoms with Gasteiger partial charge in [0.1, 0.15) is 24.0 Å². The first-order chi connectivity index (χ1) is 14.7. The van der Waals surface area contributed by atoms with Gasteiger partial charge in [-0.1, -0.05) is 30.3 Å². The lowest BCUT2D eigenvalue weighted by molar-refractivity contribution is 0.299. The molecule has 4 nitrogen and oxygen atoms in total. The molecule has 0 atom stereocenters. The number of aromatic nitrogens is 1. The molecule has 0 unspecified atom stereocenters. The van der Waals surface area contributed by atoms with Gasteiger partial charge in [0.05, 0.1) is 11.9 Å². The second-order valence-corrected chi connectivity index (χ2v) is 7.23. The zero-order chi connectivity index (χ0) is 20.8. The predicted molar refractivity (Wildman–Crippen MR) is 116 cm³/mol. The van der Waals surface area contributed by atoms with Gasteiger partial charge in [0.15, 0.2) is 0 Å². The minimum atomic E-state index is -0.496. The van der Waals surface area contributed by atoms with Crippen molar-refractivity contribution in [1.82, 2.24) is 4.98 Å². The van der Waals surface area contributed by atoms with Crippen LogP contribution < -0.4 is 10.2 Å². The van der Waals surface area contributed by atoms with E-state index in [1.165, 1.54) is 11.3 Å². The molecule has 0 aliphatic carbocycles. The number of hydrogen-bond acceptors (Lipinski definition) is 5. The van der Waals surface area contributed by atoms with Crippen molar-refractivity contribution >= 4 is 22.7 Å². The first kappa shape index (κ1) is 19.7. The van der Waals surface area contributed by atoms with Gasteiger partial charge in [0, 0.05) is 16.5 Å². The third kappa shape index (κ3) is 5.07. The summed E-state index contributed by atoms with van der Waals surface area (Å²) in [6.45, 7) is -0.0492. The van der Waals surface area contributed by atoms with Gasteiger partial charge >= 0.3 is 0 Å². The number of rotatable bonds is 7. The highest BCUT2D eigenvalue weighted by Crippen LogP contribution is 2.24. The molecule has 0 bridgehead atoms. The van der Waals surface area contributed by atoms with Crippen molar-refractivity contribution in [2.45, 2.75) is 6.61 Å². The molecule has 0 spiro atoms. The lowest BCUT2D eigenvalue weighted by Gasteiger charge is -2.07. The normalized spacial score (nSPS) is 11.0. The molecule has 30 heavy (non-hydrogen) atoms. The number of hydrazone groups is 1. The highest BCUT2D eigenvalue weighted by Gasteiger charge is 2.05. The van der Waals surface area contributed by atoms with Crippen LogP contribution in [0.2, 0.25) is 0 Å². The fourth-order valence-electron chi connectivity index (χ4n) is 2.69. The van der Waals surface area contributed by atoms with Crippen LogP contribution in [0.5, 0.6) is 5.75 Å². The van der Waals surface area contributed by atoms with E-state index in [1.807, 2.05) is 47.8 Å². The lowest BCUT2D eigenvalue weighted by atomic mass is 10.2. The van der Waals surface area contributed by atoms with Gasteiger partial charge < -0.3 is 4.74 Å². The van der Waals surface area contributed by atoms with E-state index in [0.717, 1.165) is 35.0 Å². The summed E-state index contributed by atoms with van der Waals surface area (Å²) in [5, 5.41) is 6.87. The van der Waals surface area contributed by atoms with Crippen LogP contribution in [0.15, 0.2) is 83.3 Å². The van der Waals surface area contributed by atoms with Gasteiger partial charge in [-0.05, 0) is 48.0 Å². The van der Waals surface area contributed by atoms with Crippen LogP contribution in [-0.4, -0.2) is 11.2 Å². The number of hydrogen-bond donors (Lipinski definition) is 1. The van der Waals surface area contributed by atoms with E-state index >= 15 is 0 Å². The molecule has 1 aromatic heterocycles. The summed E-state index contributed by atoms with van der Waals surface area (Å²) in [5.74, 6) is -0.440. The molecule has 3 aromatic carbocycles. The van der Waals surface area contributed by atoms with Crippen molar-refractivity contribution in [2.24, 2.45) is 5.10 Å². The van der Waals surface area contributed by atoms with Crippen molar-refractivity contribution in [2.75, 3.05) is 5.43 Å². The fourth-order valence-corrected chi connectivity index (χ4v) is 3.36. The van der Waals surface area contributed by atoms with E-state index < -0.39 is 11.6 Å². The second kappa shape index (κ2) is 9.28. The van der Waals surface area contributed by atoms with Gasteiger partial charge in [0.25, 0.3) is 0 Å². The van der Waals surface area contributed by atoms with E-state index in [9.17, 15) is 8.78 Å². The Morgan fingerprint density at radius 2 is 1.80 bits per heavy atom. The van der Waals surface area contributed by atoms with E-state index in [4.69, 9.17) is 4.74 Å². The molecule has 150 valence electrons. The zero-order valence-corrected chi connectivity index (χ0v) is 16.6. The SMILES string of the molecule is Fc1ccc(F)c(COc2ccc(C=NNc3nc(-c4ccccc4)cs3)cc2)c1. The van der Waals surface area contributed by atoms with Gasteiger partial charge in [-0.3, -0.25) is 5.43 Å². The summed E-state index contributed by atoms with van der Waals surface area (Å²) in [4.78, 5) is 4.51. The monoisotopic (exact) mass is 421 g/mol. The molecule has 4 aromatic rings. The minimum Gasteiger partial charge on any atom is -0.489 e. The van der Waals surface area contributed by atoms with Crippen molar-refractivity contribution in [3.63, 3.8) is 0 Å². The summed E-state index contributed by atoms with van der Waals surface area (Å²) >= 11 is 1.48. The number of halogens is 2. The van der Waals surface area contributed by atoms with E-state index in [2.05, 4.69) is 15.5 Å². The first-order valence-electron chi connectivity index (χ1n) is 9.14. The standard InChI is InChI=1S/C23H17F2N3OS/c24-19-8-11-21(25)18(12-19)14-29-20-9-6-16(7-10-20)13-26-28-23-27-22(15-30-23)17-4-2-1-3-5-17/h1-13,15H,14H2,(H,27,28). The molecule has 1 N–H and O–H groups in total. The first-order valence-corrected chi connectivity index (χ1v) is 10.0. The molecule has 0 aliphatic rings. The average molecular weight is 421 g/mol. The molecule has 0 aliphatic heterocycles. The highest BCUT2D eigenvalue weighted by atomic mass is 32.1. The average Bonchev–Trinajstić information content (AvgIpc) is 3.25. The second-order valence-electron chi connectivity index (χ2n) is 6.37. The number of anilines is 1. The maximum Gasteiger partial charge on any atom is 0.203 e. The van der Waals surface area contributed by atoms with Crippen LogP contribution in [0.4, 0.5) is 13.9 Å². The summed E-state index contributed by atoms with van der Waals surface area (Å²) in [5.41, 5.74) is 5.90. The maximum absolute atomic E-state index is 13.6. The van der Waals surface area contributed by atoms with E-state index in [1.54, 1.807) is 18.3 Å². The van der Waals surface area contributed by atoms with E-state index in [0.29, 0.717) is 10.9 Å². The molecule has 0 saturated heterocycles. The number of thiazole rings is 1. The van der Waals surface area contributed by atoms with Crippen molar-refractivity contribution in [3.05, 3.63) is 101 Å². The number of nitrogens with one attached hydrogen (secondary N) is 1. The Morgan fingerprint density at radius 3 is 2.60 bits per heavy atom. The van der Waals surface area contributed by atoms with Crippen molar-refractivity contribution in [1.29, 1.82) is 0 Å². The number of ether oxygens (including phenoxy) is 1. The summed E-state index contributed by atoms with van der Waals surface area (Å²) in [6.07, 6.45) is 1.67. The van der Waals surface area contributed by atoms with Crippen molar-refractivity contribution in [3.8, 4) is 17.0 Å². The van der Waals surface area contributed by atoms with Crippen LogP contribution in [0.3, 0.4) is 0 Å². The predicted octanol–water partition coefficient (Wildman–Crippen LogP) is 6.11. The quantitative estimate of drug-likeness (QED) is 0.289. The molecule has 4 rings (SSSR count). The van der Waals surface area contributed by atoms with Crippen LogP contribution in [-0.2, 0) is 6.61 Å². The van der Waals surface area contributed by atoms with Crippen molar-refractivity contribution < 1.29 is 13.5 Å². The Morgan fingerprint density at radius 1 is 1.00 bits per heavy atom. The van der Waals surface area contributed by atoms with Gasteiger partial charge in [-0.15, -0.1) is 11.3 Å². The molecule has 1 heterocycles. The Labute approximate surface area is 176 Å². The molecular formula is C23H17F2N3OS. The van der Waals surface area contributed by atoms with Gasteiger partial charge in [0.2, 0.25) is 5.13 Å². The largest absolute Gasteiger partial charge is 0.489 e. The summed E-state index contributed by atoms with van der Waals surface area (Å²) in [6, 6.07) is 20.4. The Hall–Kier alpha value is -3.58. The number of nitrogens with zero attached hydrogens (tertiary/aromatic N) is 2. The fraction of sp³-hybridized carbons (Fsp3) is 0.0435. The van der Waals surface area contributed by atoms with Crippen LogP contribution >= 0.6 is 11.3 Å². The summed E-state index contributed by atoms with van der Waals surface area (Å²) < 4.78 is 32.4. The Bertz CT molecular complexity index is 1140. The third-order valence-electron chi connectivity index (χ3n) is 4.23. The van der Waals surface area contributed by atoms with Gasteiger partial charge in [-0.2, -0.15) is 5.10 Å². The Kier molecular flexibility index (Phi) is 6.10. The van der Waals surface area contributed by atoms with Crippen LogP contribution in [0, 0.1) is 11.6 Å². The smallest absolute Gasteiger partial charge is 0.203 e. The maximum atomic E-state index is 13.6. The molecule has 0 saturated carbocycles. The zero-order valence-electron chi connectivity index (χ0n) is 15.8. The van der Waals surface area contributed by atoms with Crippen LogP contribution in [0.25, 0.3) is 11.3 Å². The molecule has 0 radical (unpaired) electrons. The molecule has 7 heteroatoms. The molecule has 0 amide bonds. The van der Waals surface area contributed by atoms with E-state index in [-0.39, 0.29) is 12.2 Å². The molecule has 0 fully saturated rings.